The number of allylic oxidation sites excluding steroid dienone is 1. The number of terminal acetylenes is 1. The number of hydrogen-bond acceptors (Lipinski definition) is 2. The van der Waals surface area contributed by atoms with E-state index in [0.29, 0.717) is 5.76 Å². The van der Waals surface area contributed by atoms with Gasteiger partial charge in [0, 0.05) is 0 Å². The van der Waals surface area contributed by atoms with E-state index in [9.17, 15) is 0 Å². The van der Waals surface area contributed by atoms with Crippen molar-refractivity contribution in [3.63, 3.8) is 0 Å². The largest absolute Gasteiger partial charge is 0.415 e. The third kappa shape index (κ3) is 1.09. The highest BCUT2D eigenvalue weighted by atomic mass is 32.8. The summed E-state index contributed by atoms with van der Waals surface area (Å²) < 4.78 is 4.98. The lowest BCUT2D eigenvalue weighted by Crippen LogP contribution is -1.84. The molecule has 1 unspecified atom stereocenters. The molecule has 0 saturated heterocycles. The van der Waals surface area contributed by atoms with Crippen LogP contribution in [-0.4, -0.2) is 5.75 Å². The first-order valence-corrected chi connectivity index (χ1v) is 4.31. The third-order valence-electron chi connectivity index (χ3n) is 0.730. The first kappa shape index (κ1) is 5.80. The van der Waals surface area contributed by atoms with Gasteiger partial charge in [0.05, 0.1) is 15.5 Å². The molecule has 1 aliphatic heterocycles. The molecular weight excluding hydrogens is 140 g/mol. The maximum atomic E-state index is 5.01. The molecule has 0 amide bonds. The summed E-state index contributed by atoms with van der Waals surface area (Å²) >= 11 is 4.80. The van der Waals surface area contributed by atoms with Crippen molar-refractivity contribution in [1.82, 2.24) is 0 Å². The molecule has 1 rings (SSSR count). The molecule has 0 bridgehead atoms. The second-order valence-electron chi connectivity index (χ2n) is 1.27. The molecule has 0 aromatic heterocycles. The molecule has 0 saturated carbocycles. The average molecular weight is 144 g/mol. The normalized spacial score (nSPS) is 25.9. The van der Waals surface area contributed by atoms with Crippen molar-refractivity contribution in [2.75, 3.05) is 5.75 Å². The predicted octanol–water partition coefficient (Wildman–Crippen LogP) is 0.529. The van der Waals surface area contributed by atoms with Crippen LogP contribution in [0.3, 0.4) is 0 Å². The van der Waals surface area contributed by atoms with Gasteiger partial charge in [-0.15, -0.1) is 6.42 Å². The fourth-order valence-corrected chi connectivity index (χ4v) is 1.49. The smallest absolute Gasteiger partial charge is 0.184 e. The predicted molar refractivity (Wildman–Crippen MR) is 37.6 cm³/mol. The molecule has 0 aromatic rings. The van der Waals surface area contributed by atoms with E-state index in [1.165, 1.54) is 0 Å². The molecule has 1 heterocycles. The number of hydrogen-bond donors (Lipinski definition) is 0. The fourth-order valence-electron chi connectivity index (χ4n) is 0.395. The van der Waals surface area contributed by atoms with Gasteiger partial charge < -0.3 is 4.18 Å². The maximum absolute atomic E-state index is 5.01. The zero-order valence-corrected chi connectivity index (χ0v) is 5.72. The van der Waals surface area contributed by atoms with E-state index in [2.05, 4.69) is 5.92 Å². The molecule has 1 nitrogen and oxygen atoms in total. The van der Waals surface area contributed by atoms with Crippen LogP contribution in [0.4, 0.5) is 0 Å². The van der Waals surface area contributed by atoms with Gasteiger partial charge in [-0.3, -0.25) is 0 Å². The van der Waals surface area contributed by atoms with Crippen molar-refractivity contribution in [2.24, 2.45) is 0 Å². The Bertz CT molecular complexity index is 187. The Hall–Kier alpha value is -0.330. The SMILES string of the molecule is C#CC1=CCS(=S)O1. The minimum absolute atomic E-state index is 0.355. The van der Waals surface area contributed by atoms with Gasteiger partial charge >= 0.3 is 0 Å². The number of rotatable bonds is 0. The summed E-state index contributed by atoms with van der Waals surface area (Å²) in [4.78, 5) is 0. The van der Waals surface area contributed by atoms with Gasteiger partial charge in [-0.2, -0.15) is 0 Å². The van der Waals surface area contributed by atoms with Crippen LogP contribution in [-0.2, 0) is 25.1 Å². The first-order chi connectivity index (χ1) is 3.83. The van der Waals surface area contributed by atoms with Crippen LogP contribution in [0.25, 0.3) is 0 Å². The fraction of sp³-hybridized carbons (Fsp3) is 0.200. The summed E-state index contributed by atoms with van der Waals surface area (Å²) in [6.45, 7) is 0. The summed E-state index contributed by atoms with van der Waals surface area (Å²) in [6, 6.07) is 0. The molecule has 1 aliphatic rings. The molecule has 3 heteroatoms. The van der Waals surface area contributed by atoms with Crippen LogP contribution in [0, 0.1) is 12.3 Å². The third-order valence-corrected chi connectivity index (χ3v) is 2.15. The Morgan fingerprint density at radius 2 is 2.75 bits per heavy atom. The highest BCUT2D eigenvalue weighted by Crippen LogP contribution is 2.07. The van der Waals surface area contributed by atoms with E-state index in [0.717, 1.165) is 5.75 Å². The second kappa shape index (κ2) is 2.29. The van der Waals surface area contributed by atoms with Crippen molar-refractivity contribution < 1.29 is 4.18 Å². The average Bonchev–Trinajstić information content (AvgIpc) is 2.14. The highest BCUT2D eigenvalue weighted by molar-refractivity contribution is 8.26. The Labute approximate surface area is 55.5 Å². The van der Waals surface area contributed by atoms with E-state index in [1.807, 2.05) is 6.08 Å². The van der Waals surface area contributed by atoms with Crippen molar-refractivity contribution in [3.05, 3.63) is 11.8 Å². The minimum Gasteiger partial charge on any atom is -0.415 e. The van der Waals surface area contributed by atoms with Crippen molar-refractivity contribution in [1.29, 1.82) is 0 Å². The minimum atomic E-state index is -0.355. The lowest BCUT2D eigenvalue weighted by Gasteiger charge is -1.91. The molecule has 0 spiro atoms. The highest BCUT2D eigenvalue weighted by Gasteiger charge is 2.05. The Morgan fingerprint density at radius 3 is 3.00 bits per heavy atom. The summed E-state index contributed by atoms with van der Waals surface area (Å²) in [5.74, 6) is 3.77. The zero-order chi connectivity index (χ0) is 5.98. The summed E-state index contributed by atoms with van der Waals surface area (Å²) in [7, 11) is -0.355. The van der Waals surface area contributed by atoms with Crippen molar-refractivity contribution in [3.8, 4) is 12.3 Å². The van der Waals surface area contributed by atoms with Gasteiger partial charge in [0.1, 0.15) is 0 Å². The van der Waals surface area contributed by atoms with Crippen LogP contribution in [0.5, 0.6) is 0 Å². The molecular formula is C5H4OS2. The molecule has 0 N–H and O–H groups in total. The standard InChI is InChI=1S/C5H4OS2/c1-2-5-3-4-8(7)6-5/h1,3H,4H2. The summed E-state index contributed by atoms with van der Waals surface area (Å²) in [5, 5.41) is 0. The van der Waals surface area contributed by atoms with Gasteiger partial charge in [-0.1, -0.05) is 0 Å². The van der Waals surface area contributed by atoms with Crippen molar-refractivity contribution >= 4 is 20.9 Å². The molecule has 42 valence electrons. The van der Waals surface area contributed by atoms with E-state index >= 15 is 0 Å². The van der Waals surface area contributed by atoms with Gasteiger partial charge in [0.2, 0.25) is 0 Å². The molecule has 0 radical (unpaired) electrons. The van der Waals surface area contributed by atoms with Gasteiger partial charge in [-0.05, 0) is 23.2 Å². The lowest BCUT2D eigenvalue weighted by atomic mass is 10.5. The maximum Gasteiger partial charge on any atom is 0.184 e. The van der Waals surface area contributed by atoms with Crippen LogP contribution in [0.15, 0.2) is 11.8 Å². The van der Waals surface area contributed by atoms with Gasteiger partial charge in [0.25, 0.3) is 0 Å². The molecule has 1 atom stereocenters. The van der Waals surface area contributed by atoms with Crippen molar-refractivity contribution in [2.45, 2.75) is 0 Å². The zero-order valence-electron chi connectivity index (χ0n) is 4.09. The lowest BCUT2D eigenvalue weighted by molar-refractivity contribution is 0.536. The Kier molecular flexibility index (Phi) is 1.66. The van der Waals surface area contributed by atoms with Crippen LogP contribution in [0.1, 0.15) is 0 Å². The van der Waals surface area contributed by atoms with E-state index in [4.69, 9.17) is 21.8 Å². The Morgan fingerprint density at radius 1 is 2.00 bits per heavy atom. The van der Waals surface area contributed by atoms with E-state index in [-0.39, 0.29) is 9.74 Å². The second-order valence-corrected chi connectivity index (χ2v) is 3.49. The Balaban J connectivity index is 2.66. The van der Waals surface area contributed by atoms with Crippen LogP contribution >= 0.6 is 0 Å². The van der Waals surface area contributed by atoms with Gasteiger partial charge in [0.15, 0.2) is 5.76 Å². The van der Waals surface area contributed by atoms with E-state index < -0.39 is 0 Å². The molecule has 8 heavy (non-hydrogen) atoms. The quantitative estimate of drug-likeness (QED) is 0.459. The molecule has 0 aromatic carbocycles. The van der Waals surface area contributed by atoms with Crippen LogP contribution in [0.2, 0.25) is 0 Å². The first-order valence-electron chi connectivity index (χ1n) is 2.06. The van der Waals surface area contributed by atoms with Gasteiger partial charge in [-0.25, -0.2) is 0 Å². The summed E-state index contributed by atoms with van der Waals surface area (Å²) in [5.41, 5.74) is 0. The summed E-state index contributed by atoms with van der Waals surface area (Å²) in [6.07, 6.45) is 6.85. The monoisotopic (exact) mass is 144 g/mol. The van der Waals surface area contributed by atoms with E-state index in [1.54, 1.807) is 0 Å². The topological polar surface area (TPSA) is 9.23 Å². The molecule has 0 fully saturated rings. The van der Waals surface area contributed by atoms with Crippen LogP contribution < -0.4 is 0 Å². The molecule has 0 aliphatic carbocycles.